The van der Waals surface area contributed by atoms with E-state index in [0.29, 0.717) is 0 Å². The summed E-state index contributed by atoms with van der Waals surface area (Å²) in [6.45, 7) is 0. The summed E-state index contributed by atoms with van der Waals surface area (Å²) in [6, 6.07) is 2.14. The van der Waals surface area contributed by atoms with Gasteiger partial charge in [-0.05, 0) is 6.42 Å². The Bertz CT molecular complexity index is 152. The van der Waals surface area contributed by atoms with Crippen LogP contribution < -0.4 is 0 Å². The fourth-order valence-electron chi connectivity index (χ4n) is 1.26. The summed E-state index contributed by atoms with van der Waals surface area (Å²) < 4.78 is 10.2. The van der Waals surface area contributed by atoms with Gasteiger partial charge in [0.25, 0.3) is 0 Å². The van der Waals surface area contributed by atoms with E-state index in [-0.39, 0.29) is 5.92 Å². The van der Waals surface area contributed by atoms with Gasteiger partial charge in [-0.25, -0.2) is 0 Å². The number of nitrogens with zero attached hydrogens (tertiary/aromatic N) is 1. The zero-order valence-electron chi connectivity index (χ0n) is 6.26. The molecule has 1 aliphatic rings. The van der Waals surface area contributed by atoms with Crippen molar-refractivity contribution in [3.63, 3.8) is 0 Å². The Morgan fingerprint density at radius 2 is 2.10 bits per heavy atom. The average Bonchev–Trinajstić information content (AvgIpc) is 1.90. The number of methoxy groups -OCH3 is 2. The summed E-state index contributed by atoms with van der Waals surface area (Å²) in [5.41, 5.74) is 0. The standard InChI is InChI=1S/C7H11NO2/c1-9-7(10-2)4-3-6(7)5-8/h6H,3-4H2,1-2H3. The molecule has 3 nitrogen and oxygen atoms in total. The molecule has 10 heavy (non-hydrogen) atoms. The first-order valence-electron chi connectivity index (χ1n) is 3.29. The van der Waals surface area contributed by atoms with Crippen LogP contribution in [0.5, 0.6) is 0 Å². The largest absolute Gasteiger partial charge is 0.352 e. The SMILES string of the molecule is COC1(OC)CCC1C#N. The van der Waals surface area contributed by atoms with Crippen molar-refractivity contribution in [1.29, 1.82) is 5.26 Å². The maximum atomic E-state index is 8.57. The van der Waals surface area contributed by atoms with Gasteiger partial charge in [-0.2, -0.15) is 5.26 Å². The Morgan fingerprint density at radius 1 is 1.50 bits per heavy atom. The molecule has 0 aromatic heterocycles. The smallest absolute Gasteiger partial charge is 0.183 e. The quantitative estimate of drug-likeness (QED) is 0.537. The van der Waals surface area contributed by atoms with Gasteiger partial charge in [-0.3, -0.25) is 0 Å². The van der Waals surface area contributed by atoms with Crippen molar-refractivity contribution in [2.45, 2.75) is 18.6 Å². The van der Waals surface area contributed by atoms with E-state index in [1.54, 1.807) is 14.2 Å². The molecule has 0 N–H and O–H groups in total. The molecule has 0 heterocycles. The van der Waals surface area contributed by atoms with E-state index in [4.69, 9.17) is 14.7 Å². The highest BCUT2D eigenvalue weighted by atomic mass is 16.7. The summed E-state index contributed by atoms with van der Waals surface area (Å²) in [5, 5.41) is 8.57. The molecule has 1 fully saturated rings. The van der Waals surface area contributed by atoms with Gasteiger partial charge in [0, 0.05) is 20.6 Å². The molecule has 1 rings (SSSR count). The first-order valence-corrected chi connectivity index (χ1v) is 3.29. The van der Waals surface area contributed by atoms with E-state index in [1.165, 1.54) is 0 Å². The summed E-state index contributed by atoms with van der Waals surface area (Å²) in [4.78, 5) is 0. The minimum atomic E-state index is -0.589. The third-order valence-electron chi connectivity index (χ3n) is 2.16. The molecule has 0 aromatic rings. The molecule has 56 valence electrons. The molecule has 1 saturated carbocycles. The van der Waals surface area contributed by atoms with Crippen molar-refractivity contribution in [1.82, 2.24) is 0 Å². The van der Waals surface area contributed by atoms with E-state index in [0.717, 1.165) is 12.8 Å². The van der Waals surface area contributed by atoms with Crippen LogP contribution in [0, 0.1) is 17.2 Å². The lowest BCUT2D eigenvalue weighted by Gasteiger charge is -2.42. The predicted molar refractivity (Wildman–Crippen MR) is 35.1 cm³/mol. The van der Waals surface area contributed by atoms with E-state index < -0.39 is 5.79 Å². The van der Waals surface area contributed by atoms with E-state index in [9.17, 15) is 0 Å². The van der Waals surface area contributed by atoms with Gasteiger partial charge < -0.3 is 9.47 Å². The summed E-state index contributed by atoms with van der Waals surface area (Å²) in [6.07, 6.45) is 1.72. The van der Waals surface area contributed by atoms with Crippen LogP contribution in [0.25, 0.3) is 0 Å². The topological polar surface area (TPSA) is 42.2 Å². The average molecular weight is 141 g/mol. The molecular weight excluding hydrogens is 130 g/mol. The zero-order valence-corrected chi connectivity index (χ0v) is 6.26. The van der Waals surface area contributed by atoms with Crippen molar-refractivity contribution >= 4 is 0 Å². The van der Waals surface area contributed by atoms with Gasteiger partial charge in [-0.15, -0.1) is 0 Å². The van der Waals surface area contributed by atoms with Crippen LogP contribution in [0.1, 0.15) is 12.8 Å². The maximum Gasteiger partial charge on any atom is 0.183 e. The van der Waals surface area contributed by atoms with Gasteiger partial charge in [0.1, 0.15) is 5.92 Å². The van der Waals surface area contributed by atoms with Crippen LogP contribution >= 0.6 is 0 Å². The van der Waals surface area contributed by atoms with Crippen molar-refractivity contribution in [2.75, 3.05) is 14.2 Å². The molecular formula is C7H11NO2. The van der Waals surface area contributed by atoms with Crippen LogP contribution in [0.4, 0.5) is 0 Å². The Kier molecular flexibility index (Phi) is 1.93. The highest BCUT2D eigenvalue weighted by molar-refractivity contribution is 5.02. The molecule has 1 aliphatic carbocycles. The van der Waals surface area contributed by atoms with Crippen LogP contribution in [-0.2, 0) is 9.47 Å². The second-order valence-corrected chi connectivity index (χ2v) is 2.44. The lowest BCUT2D eigenvalue weighted by atomic mass is 9.79. The minimum Gasteiger partial charge on any atom is -0.352 e. The van der Waals surface area contributed by atoms with E-state index in [1.807, 2.05) is 0 Å². The third kappa shape index (κ3) is 0.808. The fourth-order valence-corrected chi connectivity index (χ4v) is 1.26. The lowest BCUT2D eigenvalue weighted by molar-refractivity contribution is -0.272. The van der Waals surface area contributed by atoms with Crippen molar-refractivity contribution in [3.05, 3.63) is 0 Å². The fraction of sp³-hybridized carbons (Fsp3) is 0.857. The Hall–Kier alpha value is -0.590. The minimum absolute atomic E-state index is 0.0810. The number of hydrogen-bond acceptors (Lipinski definition) is 3. The van der Waals surface area contributed by atoms with Gasteiger partial charge >= 0.3 is 0 Å². The molecule has 0 aliphatic heterocycles. The van der Waals surface area contributed by atoms with Crippen molar-refractivity contribution in [2.24, 2.45) is 5.92 Å². The zero-order chi connectivity index (χ0) is 7.61. The maximum absolute atomic E-state index is 8.57. The molecule has 0 aromatic carbocycles. The Labute approximate surface area is 60.5 Å². The van der Waals surface area contributed by atoms with Crippen LogP contribution in [0.15, 0.2) is 0 Å². The summed E-state index contributed by atoms with van der Waals surface area (Å²) in [7, 11) is 3.15. The highest BCUT2D eigenvalue weighted by Crippen LogP contribution is 2.41. The van der Waals surface area contributed by atoms with E-state index >= 15 is 0 Å². The van der Waals surface area contributed by atoms with Gasteiger partial charge in [0.05, 0.1) is 6.07 Å². The van der Waals surface area contributed by atoms with Crippen molar-refractivity contribution in [3.8, 4) is 6.07 Å². The van der Waals surface area contributed by atoms with E-state index in [2.05, 4.69) is 6.07 Å². The third-order valence-corrected chi connectivity index (χ3v) is 2.16. The first-order chi connectivity index (χ1) is 4.79. The van der Waals surface area contributed by atoms with Gasteiger partial charge in [0.15, 0.2) is 5.79 Å². The first kappa shape index (κ1) is 7.52. The molecule has 0 spiro atoms. The number of rotatable bonds is 2. The second kappa shape index (κ2) is 2.57. The Morgan fingerprint density at radius 3 is 2.20 bits per heavy atom. The van der Waals surface area contributed by atoms with Crippen LogP contribution in [0.3, 0.4) is 0 Å². The number of ether oxygens (including phenoxy) is 2. The van der Waals surface area contributed by atoms with Gasteiger partial charge in [-0.1, -0.05) is 0 Å². The molecule has 0 saturated heterocycles. The van der Waals surface area contributed by atoms with Crippen LogP contribution in [-0.4, -0.2) is 20.0 Å². The Balaban J connectivity index is 2.59. The monoisotopic (exact) mass is 141 g/mol. The second-order valence-electron chi connectivity index (χ2n) is 2.44. The lowest BCUT2D eigenvalue weighted by Crippen LogP contribution is -2.49. The highest BCUT2D eigenvalue weighted by Gasteiger charge is 2.48. The molecule has 3 heteroatoms. The molecule has 1 atom stereocenters. The normalized spacial score (nSPS) is 28.7. The molecule has 1 unspecified atom stereocenters. The molecule has 0 radical (unpaired) electrons. The summed E-state index contributed by atoms with van der Waals surface area (Å²) in [5.74, 6) is -0.670. The molecule has 0 amide bonds. The van der Waals surface area contributed by atoms with Gasteiger partial charge in [0.2, 0.25) is 0 Å². The van der Waals surface area contributed by atoms with Crippen molar-refractivity contribution < 1.29 is 9.47 Å². The number of nitriles is 1. The van der Waals surface area contributed by atoms with Crippen LogP contribution in [0.2, 0.25) is 0 Å². The predicted octanol–water partition coefficient (Wildman–Crippen LogP) is 0.909. The number of hydrogen-bond donors (Lipinski definition) is 0. The molecule has 0 bridgehead atoms. The summed E-state index contributed by atoms with van der Waals surface area (Å²) >= 11 is 0.